The van der Waals surface area contributed by atoms with Crippen molar-refractivity contribution in [2.45, 2.75) is 33.2 Å². The van der Waals surface area contributed by atoms with Gasteiger partial charge >= 0.3 is 0 Å². The largest absolute Gasteiger partial charge is 0.320 e. The maximum atomic E-state index is 6.41. The molecule has 1 nitrogen and oxygen atoms in total. The molecule has 0 fully saturated rings. The zero-order valence-corrected chi connectivity index (χ0v) is 13.9. The summed E-state index contributed by atoms with van der Waals surface area (Å²) in [5, 5.41) is 0. The van der Waals surface area contributed by atoms with Crippen LogP contribution in [0.5, 0.6) is 0 Å². The van der Waals surface area contributed by atoms with Gasteiger partial charge in [-0.1, -0.05) is 66.2 Å². The summed E-state index contributed by atoms with van der Waals surface area (Å²) in [6.07, 6.45) is 1.10. The van der Waals surface area contributed by atoms with Crippen LogP contribution in [0.15, 0.2) is 46.9 Å². The Morgan fingerprint density at radius 1 is 1.05 bits per heavy atom. The molecule has 0 spiro atoms. The molecular weight excluding hydrogens is 310 g/mol. The van der Waals surface area contributed by atoms with Crippen LogP contribution in [0.3, 0.4) is 0 Å². The summed E-state index contributed by atoms with van der Waals surface area (Å²) in [7, 11) is 0. The third-order valence-electron chi connectivity index (χ3n) is 3.51. The van der Waals surface area contributed by atoms with Crippen LogP contribution in [0.2, 0.25) is 0 Å². The van der Waals surface area contributed by atoms with Crippen molar-refractivity contribution in [3.05, 3.63) is 69.2 Å². The number of rotatable bonds is 4. The zero-order chi connectivity index (χ0) is 14.7. The predicted octanol–water partition coefficient (Wildman–Crippen LogP) is 5.00. The summed E-state index contributed by atoms with van der Waals surface area (Å²) in [6.45, 7) is 6.57. The fourth-order valence-electron chi connectivity index (χ4n) is 2.38. The van der Waals surface area contributed by atoms with Gasteiger partial charge < -0.3 is 5.73 Å². The smallest absolute Gasteiger partial charge is 0.0552 e. The molecule has 2 N–H and O–H groups in total. The van der Waals surface area contributed by atoms with Crippen molar-refractivity contribution in [2.75, 3.05) is 0 Å². The minimum Gasteiger partial charge on any atom is -0.320 e. The standard InChI is InChI=1S/C18H22BrN/c1-12(2)9-14-5-4-6-15(10-14)18(20)16-8-7-13(3)17(19)11-16/h4-8,10-12,18H,9,20H2,1-3H3. The van der Waals surface area contributed by atoms with Gasteiger partial charge in [0.25, 0.3) is 0 Å². The summed E-state index contributed by atoms with van der Waals surface area (Å²) < 4.78 is 1.11. The fraction of sp³-hybridized carbons (Fsp3) is 0.333. The molecule has 0 radical (unpaired) electrons. The first-order chi connectivity index (χ1) is 9.47. The zero-order valence-electron chi connectivity index (χ0n) is 12.4. The van der Waals surface area contributed by atoms with Crippen molar-refractivity contribution < 1.29 is 0 Å². The van der Waals surface area contributed by atoms with Crippen LogP contribution in [-0.4, -0.2) is 0 Å². The van der Waals surface area contributed by atoms with Crippen LogP contribution >= 0.6 is 15.9 Å². The lowest BCUT2D eigenvalue weighted by Crippen LogP contribution is -2.12. The Bertz CT molecular complexity index is 590. The summed E-state index contributed by atoms with van der Waals surface area (Å²) in [6, 6.07) is 14.9. The van der Waals surface area contributed by atoms with Gasteiger partial charge in [-0.2, -0.15) is 0 Å². The Balaban J connectivity index is 2.28. The number of hydrogen-bond acceptors (Lipinski definition) is 1. The van der Waals surface area contributed by atoms with Gasteiger partial charge in [0, 0.05) is 4.47 Å². The van der Waals surface area contributed by atoms with Gasteiger partial charge in [0.2, 0.25) is 0 Å². The van der Waals surface area contributed by atoms with E-state index in [1.165, 1.54) is 16.7 Å². The van der Waals surface area contributed by atoms with Crippen molar-refractivity contribution in [1.82, 2.24) is 0 Å². The van der Waals surface area contributed by atoms with Gasteiger partial charge in [-0.3, -0.25) is 0 Å². The molecule has 20 heavy (non-hydrogen) atoms. The molecule has 0 aromatic heterocycles. The molecule has 2 aromatic rings. The molecule has 0 aliphatic rings. The van der Waals surface area contributed by atoms with Gasteiger partial charge in [-0.15, -0.1) is 0 Å². The second kappa shape index (κ2) is 6.55. The van der Waals surface area contributed by atoms with Gasteiger partial charge in [-0.05, 0) is 47.6 Å². The molecule has 2 heteroatoms. The van der Waals surface area contributed by atoms with E-state index < -0.39 is 0 Å². The third kappa shape index (κ3) is 3.71. The average Bonchev–Trinajstić information content (AvgIpc) is 2.40. The van der Waals surface area contributed by atoms with Crippen LogP contribution in [0.4, 0.5) is 0 Å². The maximum absolute atomic E-state index is 6.41. The van der Waals surface area contributed by atoms with Crippen molar-refractivity contribution in [2.24, 2.45) is 11.7 Å². The highest BCUT2D eigenvalue weighted by atomic mass is 79.9. The Kier molecular flexibility index (Phi) is 5.00. The van der Waals surface area contributed by atoms with E-state index in [9.17, 15) is 0 Å². The van der Waals surface area contributed by atoms with Crippen LogP contribution in [0.25, 0.3) is 0 Å². The molecule has 0 heterocycles. The minimum absolute atomic E-state index is 0.0704. The quantitative estimate of drug-likeness (QED) is 0.837. The highest BCUT2D eigenvalue weighted by Crippen LogP contribution is 2.25. The second-order valence-electron chi connectivity index (χ2n) is 5.83. The summed E-state index contributed by atoms with van der Waals surface area (Å²) in [5.74, 6) is 0.662. The number of benzene rings is 2. The minimum atomic E-state index is -0.0704. The monoisotopic (exact) mass is 331 g/mol. The van der Waals surface area contributed by atoms with E-state index in [0.717, 1.165) is 16.5 Å². The predicted molar refractivity (Wildman–Crippen MR) is 89.9 cm³/mol. The molecule has 0 saturated carbocycles. The summed E-state index contributed by atoms with van der Waals surface area (Å²) in [4.78, 5) is 0. The molecule has 0 aliphatic carbocycles. The Morgan fingerprint density at radius 2 is 1.75 bits per heavy atom. The highest BCUT2D eigenvalue weighted by Gasteiger charge is 2.11. The van der Waals surface area contributed by atoms with Crippen molar-refractivity contribution in [1.29, 1.82) is 0 Å². The average molecular weight is 332 g/mol. The highest BCUT2D eigenvalue weighted by molar-refractivity contribution is 9.10. The first-order valence-electron chi connectivity index (χ1n) is 7.08. The van der Waals surface area contributed by atoms with Crippen molar-refractivity contribution in [3.63, 3.8) is 0 Å². The van der Waals surface area contributed by atoms with Crippen molar-refractivity contribution >= 4 is 15.9 Å². The van der Waals surface area contributed by atoms with Gasteiger partial charge in [-0.25, -0.2) is 0 Å². The lowest BCUT2D eigenvalue weighted by Gasteiger charge is -2.15. The molecule has 1 atom stereocenters. The molecule has 2 rings (SSSR count). The Morgan fingerprint density at radius 3 is 2.40 bits per heavy atom. The van der Waals surface area contributed by atoms with E-state index in [-0.39, 0.29) is 6.04 Å². The summed E-state index contributed by atoms with van der Waals surface area (Å²) >= 11 is 3.58. The lowest BCUT2D eigenvalue weighted by atomic mass is 9.95. The van der Waals surface area contributed by atoms with Gasteiger partial charge in [0.05, 0.1) is 6.04 Å². The SMILES string of the molecule is Cc1ccc(C(N)c2cccc(CC(C)C)c2)cc1Br. The molecule has 0 bridgehead atoms. The second-order valence-corrected chi connectivity index (χ2v) is 6.68. The third-order valence-corrected chi connectivity index (χ3v) is 4.36. The van der Waals surface area contributed by atoms with E-state index >= 15 is 0 Å². The molecular formula is C18H22BrN. The number of halogens is 1. The number of hydrogen-bond donors (Lipinski definition) is 1. The molecule has 1 unspecified atom stereocenters. The van der Waals surface area contributed by atoms with Crippen molar-refractivity contribution in [3.8, 4) is 0 Å². The topological polar surface area (TPSA) is 26.0 Å². The maximum Gasteiger partial charge on any atom is 0.0552 e. The first-order valence-corrected chi connectivity index (χ1v) is 7.87. The lowest BCUT2D eigenvalue weighted by molar-refractivity contribution is 0.646. The van der Waals surface area contributed by atoms with Gasteiger partial charge in [0.15, 0.2) is 0 Å². The molecule has 0 saturated heterocycles. The van der Waals surface area contributed by atoms with Crippen LogP contribution in [0.1, 0.15) is 42.1 Å². The first kappa shape index (κ1) is 15.3. The molecule has 2 aromatic carbocycles. The normalized spacial score (nSPS) is 12.7. The van der Waals surface area contributed by atoms with Gasteiger partial charge in [0.1, 0.15) is 0 Å². The van der Waals surface area contributed by atoms with E-state index in [1.807, 2.05) is 0 Å². The van der Waals surface area contributed by atoms with Crippen LogP contribution in [-0.2, 0) is 6.42 Å². The molecule has 106 valence electrons. The number of aryl methyl sites for hydroxylation is 1. The molecule has 0 aliphatic heterocycles. The van der Waals surface area contributed by atoms with E-state index in [4.69, 9.17) is 5.73 Å². The van der Waals surface area contributed by atoms with E-state index in [0.29, 0.717) is 5.92 Å². The van der Waals surface area contributed by atoms with Crippen LogP contribution < -0.4 is 5.73 Å². The summed E-state index contributed by atoms with van der Waals surface area (Å²) in [5.41, 5.74) is 11.3. The Hall–Kier alpha value is -1.12. The number of nitrogens with two attached hydrogens (primary N) is 1. The Labute approximate surface area is 130 Å². The fourth-order valence-corrected chi connectivity index (χ4v) is 2.78. The van der Waals surface area contributed by atoms with E-state index in [1.54, 1.807) is 0 Å². The van der Waals surface area contributed by atoms with E-state index in [2.05, 4.69) is 79.2 Å². The van der Waals surface area contributed by atoms with Crippen LogP contribution in [0, 0.1) is 12.8 Å². The molecule has 0 amide bonds.